The van der Waals surface area contributed by atoms with Gasteiger partial charge in [-0.15, -0.1) is 0 Å². The summed E-state index contributed by atoms with van der Waals surface area (Å²) in [6.45, 7) is 1.52. The number of amides is 1. The predicted molar refractivity (Wildman–Crippen MR) is 98.9 cm³/mol. The maximum Gasteiger partial charge on any atom is 0.257 e. The number of hydrogen-bond donors (Lipinski definition) is 1. The third-order valence-electron chi connectivity index (χ3n) is 5.06. The van der Waals surface area contributed by atoms with Crippen molar-refractivity contribution < 1.29 is 4.79 Å². The number of piperidine rings is 1. The van der Waals surface area contributed by atoms with Crippen molar-refractivity contribution in [3.63, 3.8) is 0 Å². The molecule has 1 atom stereocenters. The summed E-state index contributed by atoms with van der Waals surface area (Å²) in [6.07, 6.45) is 8.27. The van der Waals surface area contributed by atoms with E-state index in [1.54, 1.807) is 17.1 Å². The molecule has 3 heterocycles. The van der Waals surface area contributed by atoms with Crippen LogP contribution in [0.2, 0.25) is 0 Å². The van der Waals surface area contributed by atoms with Gasteiger partial charge in [-0.05, 0) is 24.0 Å². The van der Waals surface area contributed by atoms with Crippen LogP contribution in [0.3, 0.4) is 0 Å². The minimum absolute atomic E-state index is 0.0620. The Morgan fingerprint density at radius 1 is 1.27 bits per heavy atom. The first-order chi connectivity index (χ1) is 12.7. The highest BCUT2D eigenvalue weighted by atomic mass is 16.2. The van der Waals surface area contributed by atoms with E-state index in [-0.39, 0.29) is 5.91 Å². The lowest BCUT2D eigenvalue weighted by atomic mass is 9.90. The van der Waals surface area contributed by atoms with E-state index >= 15 is 0 Å². The predicted octanol–water partition coefficient (Wildman–Crippen LogP) is 2.75. The van der Waals surface area contributed by atoms with Crippen LogP contribution in [0, 0.1) is 0 Å². The third kappa shape index (κ3) is 3.40. The zero-order valence-electron chi connectivity index (χ0n) is 14.9. The Bertz CT molecular complexity index is 883. The lowest BCUT2D eigenvalue weighted by molar-refractivity contribution is 0.0705. The summed E-state index contributed by atoms with van der Waals surface area (Å²) < 4.78 is 1.67. The minimum Gasteiger partial charge on any atom is -0.338 e. The van der Waals surface area contributed by atoms with Gasteiger partial charge in [-0.1, -0.05) is 30.3 Å². The molecule has 4 rings (SSSR count). The Kier molecular flexibility index (Phi) is 4.56. The van der Waals surface area contributed by atoms with E-state index in [1.807, 2.05) is 24.2 Å². The second-order valence-electron chi connectivity index (χ2n) is 6.96. The molecule has 134 valence electrons. The number of benzene rings is 1. The van der Waals surface area contributed by atoms with Crippen LogP contribution in [-0.2, 0) is 13.5 Å². The Morgan fingerprint density at radius 2 is 2.12 bits per heavy atom. The molecule has 0 bridgehead atoms. The van der Waals surface area contributed by atoms with Gasteiger partial charge in [-0.3, -0.25) is 14.6 Å². The molecule has 2 aromatic heterocycles. The summed E-state index contributed by atoms with van der Waals surface area (Å²) >= 11 is 0. The first-order valence-electron chi connectivity index (χ1n) is 9.04. The topological polar surface area (TPSA) is 66.8 Å². The van der Waals surface area contributed by atoms with E-state index in [0.717, 1.165) is 38.0 Å². The Labute approximate surface area is 152 Å². The molecule has 0 saturated carbocycles. The summed E-state index contributed by atoms with van der Waals surface area (Å²) in [5.41, 5.74) is 4.31. The first kappa shape index (κ1) is 16.6. The zero-order chi connectivity index (χ0) is 17.9. The molecule has 0 radical (unpaired) electrons. The van der Waals surface area contributed by atoms with Crippen molar-refractivity contribution in [2.75, 3.05) is 13.1 Å². The van der Waals surface area contributed by atoms with Gasteiger partial charge in [-0.2, -0.15) is 10.2 Å². The SMILES string of the molecule is Cn1cc(C(=O)N2CCC[C@@H](c3[nH]ncc3Cc3ccccc3)C2)cn1. The van der Waals surface area contributed by atoms with E-state index in [9.17, 15) is 4.79 Å². The summed E-state index contributed by atoms with van der Waals surface area (Å²) in [5, 5.41) is 11.6. The number of carbonyl (C=O) groups is 1. The maximum atomic E-state index is 12.8. The number of aromatic nitrogens is 4. The molecule has 26 heavy (non-hydrogen) atoms. The molecule has 1 aliphatic rings. The number of aryl methyl sites for hydroxylation is 1. The van der Waals surface area contributed by atoms with Crippen molar-refractivity contribution in [3.05, 3.63) is 71.3 Å². The Morgan fingerprint density at radius 3 is 2.88 bits per heavy atom. The number of H-pyrrole nitrogens is 1. The van der Waals surface area contributed by atoms with Crippen LogP contribution in [-0.4, -0.2) is 43.9 Å². The number of hydrogen-bond acceptors (Lipinski definition) is 3. The Hall–Kier alpha value is -2.89. The van der Waals surface area contributed by atoms with Gasteiger partial charge < -0.3 is 4.90 Å². The van der Waals surface area contributed by atoms with Crippen molar-refractivity contribution in [2.45, 2.75) is 25.2 Å². The van der Waals surface area contributed by atoms with Crippen LogP contribution in [0.25, 0.3) is 0 Å². The smallest absolute Gasteiger partial charge is 0.257 e. The standard InChI is InChI=1S/C20H23N5O/c1-24-13-18(12-22-24)20(26)25-9-5-8-16(14-25)19-17(11-21-23-19)10-15-6-3-2-4-7-15/h2-4,6-7,11-13,16H,5,8-10,14H2,1H3,(H,21,23)/t16-/m1/s1. The Balaban J connectivity index is 1.50. The van der Waals surface area contributed by atoms with Gasteiger partial charge in [-0.25, -0.2) is 0 Å². The normalized spacial score (nSPS) is 17.4. The molecule has 0 aliphatic carbocycles. The summed E-state index contributed by atoms with van der Waals surface area (Å²) in [5.74, 6) is 0.359. The molecule has 6 heteroatoms. The fourth-order valence-electron chi connectivity index (χ4n) is 3.74. The maximum absolute atomic E-state index is 12.8. The monoisotopic (exact) mass is 349 g/mol. The summed E-state index contributed by atoms with van der Waals surface area (Å²) in [6, 6.07) is 10.4. The van der Waals surface area contributed by atoms with Gasteiger partial charge in [0.25, 0.3) is 5.91 Å². The van der Waals surface area contributed by atoms with Crippen molar-refractivity contribution >= 4 is 5.91 Å². The molecule has 0 unspecified atom stereocenters. The average Bonchev–Trinajstić information content (AvgIpc) is 3.31. The van der Waals surface area contributed by atoms with E-state index in [1.165, 1.54) is 11.1 Å². The van der Waals surface area contributed by atoms with E-state index in [2.05, 4.69) is 39.6 Å². The molecular formula is C20H23N5O. The van der Waals surface area contributed by atoms with Gasteiger partial charge in [0.1, 0.15) is 0 Å². The molecule has 1 saturated heterocycles. The second kappa shape index (κ2) is 7.15. The minimum atomic E-state index is 0.0620. The highest BCUT2D eigenvalue weighted by Gasteiger charge is 2.28. The van der Waals surface area contributed by atoms with E-state index in [4.69, 9.17) is 0 Å². The quantitative estimate of drug-likeness (QED) is 0.787. The molecule has 0 spiro atoms. The molecule has 1 fully saturated rings. The van der Waals surface area contributed by atoms with Crippen LogP contribution in [0.15, 0.2) is 48.9 Å². The van der Waals surface area contributed by atoms with Gasteiger partial charge in [0.05, 0.1) is 18.0 Å². The molecule has 6 nitrogen and oxygen atoms in total. The highest BCUT2D eigenvalue weighted by molar-refractivity contribution is 5.93. The number of likely N-dealkylation sites (tertiary alicyclic amines) is 1. The van der Waals surface area contributed by atoms with Crippen LogP contribution in [0.1, 0.15) is 45.9 Å². The van der Waals surface area contributed by atoms with Gasteiger partial charge in [0.15, 0.2) is 0 Å². The fraction of sp³-hybridized carbons (Fsp3) is 0.350. The lowest BCUT2D eigenvalue weighted by Gasteiger charge is -2.32. The van der Waals surface area contributed by atoms with Crippen molar-refractivity contribution in [1.82, 2.24) is 24.9 Å². The average molecular weight is 349 g/mol. The molecule has 3 aromatic rings. The second-order valence-corrected chi connectivity index (χ2v) is 6.96. The van der Waals surface area contributed by atoms with Crippen molar-refractivity contribution in [3.8, 4) is 0 Å². The van der Waals surface area contributed by atoms with Crippen molar-refractivity contribution in [1.29, 1.82) is 0 Å². The number of nitrogens with zero attached hydrogens (tertiary/aromatic N) is 4. The van der Waals surface area contributed by atoms with Crippen LogP contribution < -0.4 is 0 Å². The summed E-state index contributed by atoms with van der Waals surface area (Å²) in [4.78, 5) is 14.7. The molecule has 1 N–H and O–H groups in total. The van der Waals surface area contributed by atoms with Gasteiger partial charge in [0, 0.05) is 44.4 Å². The zero-order valence-corrected chi connectivity index (χ0v) is 14.9. The molecule has 1 aromatic carbocycles. The van der Waals surface area contributed by atoms with E-state index in [0.29, 0.717) is 11.5 Å². The molecule has 1 amide bonds. The van der Waals surface area contributed by atoms with Gasteiger partial charge >= 0.3 is 0 Å². The number of rotatable bonds is 4. The molecule has 1 aliphatic heterocycles. The number of carbonyl (C=O) groups excluding carboxylic acids is 1. The van der Waals surface area contributed by atoms with E-state index < -0.39 is 0 Å². The van der Waals surface area contributed by atoms with Crippen molar-refractivity contribution in [2.24, 2.45) is 7.05 Å². The first-order valence-corrected chi connectivity index (χ1v) is 9.04. The fourth-order valence-corrected chi connectivity index (χ4v) is 3.74. The van der Waals surface area contributed by atoms with Crippen LogP contribution in [0.5, 0.6) is 0 Å². The molecular weight excluding hydrogens is 326 g/mol. The number of aromatic amines is 1. The lowest BCUT2D eigenvalue weighted by Crippen LogP contribution is -2.39. The third-order valence-corrected chi connectivity index (χ3v) is 5.06. The summed E-state index contributed by atoms with van der Waals surface area (Å²) in [7, 11) is 1.83. The van der Waals surface area contributed by atoms with Gasteiger partial charge in [0.2, 0.25) is 0 Å². The van der Waals surface area contributed by atoms with Crippen LogP contribution in [0.4, 0.5) is 0 Å². The highest BCUT2D eigenvalue weighted by Crippen LogP contribution is 2.29. The number of nitrogens with one attached hydrogen (secondary N) is 1. The largest absolute Gasteiger partial charge is 0.338 e. The van der Waals surface area contributed by atoms with Crippen LogP contribution >= 0.6 is 0 Å².